The van der Waals surface area contributed by atoms with Gasteiger partial charge in [0.15, 0.2) is 5.13 Å². The van der Waals surface area contributed by atoms with E-state index in [-0.39, 0.29) is 30.3 Å². The topological polar surface area (TPSA) is 62.7 Å². The van der Waals surface area contributed by atoms with E-state index in [0.717, 1.165) is 24.1 Å². The molecule has 2 amide bonds. The molecule has 1 atom stereocenters. The van der Waals surface area contributed by atoms with Crippen LogP contribution in [0.4, 0.5) is 15.2 Å². The fourth-order valence-electron chi connectivity index (χ4n) is 3.84. The van der Waals surface area contributed by atoms with Crippen LogP contribution >= 0.6 is 11.3 Å². The third-order valence-electron chi connectivity index (χ3n) is 5.45. The number of ether oxygens (including phenoxy) is 1. The van der Waals surface area contributed by atoms with Gasteiger partial charge in [0.2, 0.25) is 11.8 Å². The summed E-state index contributed by atoms with van der Waals surface area (Å²) in [5.74, 6) is -0.688. The summed E-state index contributed by atoms with van der Waals surface area (Å²) in [5, 5.41) is 2.33. The molecule has 0 N–H and O–H groups in total. The van der Waals surface area contributed by atoms with Crippen molar-refractivity contribution in [2.24, 2.45) is 0 Å². The largest absolute Gasteiger partial charge is 0.376 e. The molecule has 4 rings (SSSR count). The highest BCUT2D eigenvalue weighted by molar-refractivity contribution is 7.14. The van der Waals surface area contributed by atoms with E-state index in [9.17, 15) is 14.0 Å². The van der Waals surface area contributed by atoms with Crippen molar-refractivity contribution in [3.63, 3.8) is 0 Å². The van der Waals surface area contributed by atoms with Gasteiger partial charge in [-0.3, -0.25) is 14.5 Å². The van der Waals surface area contributed by atoms with Crippen LogP contribution in [0.15, 0.2) is 66.1 Å². The van der Waals surface area contributed by atoms with Crippen LogP contribution in [0, 0.1) is 5.82 Å². The van der Waals surface area contributed by atoms with Crippen LogP contribution < -0.4 is 4.90 Å². The van der Waals surface area contributed by atoms with Crippen molar-refractivity contribution in [3.05, 3.63) is 83.1 Å². The maximum Gasteiger partial charge on any atom is 0.247 e. The number of rotatable bonds is 8. The van der Waals surface area contributed by atoms with Crippen molar-refractivity contribution in [3.8, 4) is 0 Å². The van der Waals surface area contributed by atoms with Crippen molar-refractivity contribution in [2.45, 2.75) is 32.4 Å². The van der Waals surface area contributed by atoms with Crippen molar-refractivity contribution < 1.29 is 18.7 Å². The van der Waals surface area contributed by atoms with Gasteiger partial charge >= 0.3 is 0 Å². The molecule has 2 heterocycles. The Kier molecular flexibility index (Phi) is 7.82. The molecule has 1 saturated heterocycles. The number of benzene rings is 2. The Bertz CT molecular complexity index is 1160. The zero-order chi connectivity index (χ0) is 23.9. The van der Waals surface area contributed by atoms with Gasteiger partial charge in [-0.2, -0.15) is 0 Å². The van der Waals surface area contributed by atoms with Gasteiger partial charge in [0.1, 0.15) is 5.82 Å². The molecule has 0 radical (unpaired) electrons. The summed E-state index contributed by atoms with van der Waals surface area (Å²) in [6.45, 7) is 2.91. The average Bonchev–Trinajstić information content (AvgIpc) is 3.50. The Hall–Kier alpha value is -3.36. The van der Waals surface area contributed by atoms with Crippen LogP contribution in [0.3, 0.4) is 0 Å². The molecule has 34 heavy (non-hydrogen) atoms. The second kappa shape index (κ2) is 11.2. The van der Waals surface area contributed by atoms with Crippen LogP contribution in [0.5, 0.6) is 0 Å². The lowest BCUT2D eigenvalue weighted by atomic mass is 10.1. The number of carbonyl (C=O) groups is 2. The Balaban J connectivity index is 1.49. The molecule has 0 saturated carbocycles. The highest BCUT2D eigenvalue weighted by Gasteiger charge is 2.22. The van der Waals surface area contributed by atoms with Crippen LogP contribution in [0.1, 0.15) is 31.0 Å². The van der Waals surface area contributed by atoms with E-state index in [0.29, 0.717) is 24.0 Å². The summed E-state index contributed by atoms with van der Waals surface area (Å²) in [4.78, 5) is 33.0. The molecular formula is C26H26FN3O3S. The summed E-state index contributed by atoms with van der Waals surface area (Å²) < 4.78 is 19.4. The van der Waals surface area contributed by atoms with E-state index < -0.39 is 0 Å². The fraction of sp³-hybridized carbons (Fsp3) is 0.269. The molecule has 6 nitrogen and oxygen atoms in total. The third-order valence-corrected chi connectivity index (χ3v) is 6.29. The van der Waals surface area contributed by atoms with Crippen molar-refractivity contribution in [1.82, 2.24) is 9.88 Å². The summed E-state index contributed by atoms with van der Waals surface area (Å²) in [5.41, 5.74) is 2.03. The van der Waals surface area contributed by atoms with Gasteiger partial charge in [0.25, 0.3) is 0 Å². The molecule has 1 unspecified atom stereocenters. The Morgan fingerprint density at radius 2 is 2.03 bits per heavy atom. The van der Waals surface area contributed by atoms with Crippen LogP contribution in [0.25, 0.3) is 6.08 Å². The van der Waals surface area contributed by atoms with Gasteiger partial charge in [-0.25, -0.2) is 9.37 Å². The average molecular weight is 480 g/mol. The van der Waals surface area contributed by atoms with Gasteiger partial charge < -0.3 is 9.64 Å². The van der Waals surface area contributed by atoms with Gasteiger partial charge in [-0.15, -0.1) is 11.3 Å². The van der Waals surface area contributed by atoms with Crippen LogP contribution in [-0.4, -0.2) is 41.0 Å². The summed E-state index contributed by atoms with van der Waals surface area (Å²) >= 11 is 1.33. The van der Waals surface area contributed by atoms with Gasteiger partial charge in [-0.1, -0.05) is 30.3 Å². The maximum atomic E-state index is 13.7. The molecule has 3 aromatic rings. The maximum absolute atomic E-state index is 13.7. The lowest BCUT2D eigenvalue weighted by Gasteiger charge is -2.24. The quantitative estimate of drug-likeness (QED) is 0.417. The molecule has 0 aliphatic carbocycles. The zero-order valence-corrected chi connectivity index (χ0v) is 19.7. The molecule has 1 aromatic heterocycles. The monoisotopic (exact) mass is 479 g/mol. The summed E-state index contributed by atoms with van der Waals surface area (Å²) in [7, 11) is 0. The predicted molar refractivity (Wildman–Crippen MR) is 131 cm³/mol. The first-order chi connectivity index (χ1) is 16.5. The first-order valence-electron chi connectivity index (χ1n) is 11.1. The normalized spacial score (nSPS) is 15.5. The minimum Gasteiger partial charge on any atom is -0.376 e. The number of halogens is 1. The second-order valence-corrected chi connectivity index (χ2v) is 8.90. The second-order valence-electron chi connectivity index (χ2n) is 8.06. The van der Waals surface area contributed by atoms with Crippen molar-refractivity contribution in [1.29, 1.82) is 0 Å². The van der Waals surface area contributed by atoms with Crippen LogP contribution in [-0.2, 0) is 20.9 Å². The predicted octanol–water partition coefficient (Wildman–Crippen LogP) is 5.19. The Morgan fingerprint density at radius 3 is 2.74 bits per heavy atom. The number of hydrogen-bond donors (Lipinski definition) is 0. The smallest absolute Gasteiger partial charge is 0.247 e. The number of thiazole rings is 1. The van der Waals surface area contributed by atoms with Crippen molar-refractivity contribution in [2.75, 3.05) is 18.1 Å². The molecule has 1 aliphatic heterocycles. The number of nitrogens with zero attached hydrogens (tertiary/aromatic N) is 3. The molecule has 0 bridgehead atoms. The van der Waals surface area contributed by atoms with Crippen LogP contribution in [0.2, 0.25) is 0 Å². The van der Waals surface area contributed by atoms with E-state index in [4.69, 9.17) is 4.74 Å². The molecule has 0 spiro atoms. The lowest BCUT2D eigenvalue weighted by Crippen LogP contribution is -2.35. The molecule has 8 heteroatoms. The summed E-state index contributed by atoms with van der Waals surface area (Å²) in [6.07, 6.45) is 4.95. The molecule has 1 aliphatic rings. The Labute approximate surface area is 202 Å². The van der Waals surface area contributed by atoms with E-state index in [1.165, 1.54) is 41.4 Å². The van der Waals surface area contributed by atoms with Gasteiger partial charge in [0, 0.05) is 38.1 Å². The standard InChI is InChI=1S/C26H26FN3O3S/c1-19(31)30(23-9-3-2-4-10-23)26-28-22(18-34-26)12-13-25(32)29(17-24-11-6-14-33-24)16-20-7-5-8-21(27)15-20/h2-5,7-10,12-13,15,18,24H,6,11,14,16-17H2,1H3/b13-12+. The first-order valence-corrected chi connectivity index (χ1v) is 12.0. The Morgan fingerprint density at radius 1 is 1.21 bits per heavy atom. The van der Waals surface area contributed by atoms with Gasteiger partial charge in [-0.05, 0) is 48.7 Å². The molecule has 1 fully saturated rings. The lowest BCUT2D eigenvalue weighted by molar-refractivity contribution is -0.128. The van der Waals surface area contributed by atoms with E-state index in [1.54, 1.807) is 28.5 Å². The first kappa shape index (κ1) is 23.8. The minimum absolute atomic E-state index is 0.0215. The number of para-hydroxylation sites is 1. The van der Waals surface area contributed by atoms with E-state index in [1.807, 2.05) is 30.3 Å². The number of anilines is 2. The molecule has 2 aromatic carbocycles. The molecular weight excluding hydrogens is 453 g/mol. The number of hydrogen-bond acceptors (Lipinski definition) is 5. The fourth-order valence-corrected chi connectivity index (χ4v) is 4.70. The number of carbonyl (C=O) groups excluding carboxylic acids is 2. The SMILES string of the molecule is CC(=O)N(c1ccccc1)c1nc(/C=C/C(=O)N(Cc2cccc(F)c2)CC2CCCO2)cs1. The molecule has 176 valence electrons. The minimum atomic E-state index is -0.332. The number of aromatic nitrogens is 1. The van der Waals surface area contributed by atoms with E-state index >= 15 is 0 Å². The number of amides is 2. The zero-order valence-electron chi connectivity index (χ0n) is 18.9. The third kappa shape index (κ3) is 6.15. The van der Waals surface area contributed by atoms with E-state index in [2.05, 4.69) is 4.98 Å². The highest BCUT2D eigenvalue weighted by Crippen LogP contribution is 2.29. The highest BCUT2D eigenvalue weighted by atomic mass is 32.1. The van der Waals surface area contributed by atoms with Crippen molar-refractivity contribution >= 4 is 40.0 Å². The summed E-state index contributed by atoms with van der Waals surface area (Å²) in [6, 6.07) is 15.6. The van der Waals surface area contributed by atoms with Gasteiger partial charge in [0.05, 0.1) is 17.5 Å².